The molecular weight excluding hydrogens is 250 g/mol. The van der Waals surface area contributed by atoms with Crippen LogP contribution >= 0.6 is 11.6 Å². The fraction of sp³-hybridized carbons (Fsp3) is 0.571. The summed E-state index contributed by atoms with van der Waals surface area (Å²) in [6, 6.07) is 2.39. The van der Waals surface area contributed by atoms with E-state index in [1.165, 1.54) is 12.8 Å². The van der Waals surface area contributed by atoms with Crippen molar-refractivity contribution in [3.05, 3.63) is 22.2 Å². The van der Waals surface area contributed by atoms with Gasteiger partial charge in [-0.3, -0.25) is 0 Å². The molecule has 1 unspecified atom stereocenters. The summed E-state index contributed by atoms with van der Waals surface area (Å²) < 4.78 is 11.0. The first kappa shape index (κ1) is 12.1. The molecule has 0 saturated carbocycles. The fourth-order valence-corrected chi connectivity index (χ4v) is 3.22. The van der Waals surface area contributed by atoms with Crippen LogP contribution in [0.15, 0.2) is 6.07 Å². The number of fused-ring (bicyclic) bond motifs is 1. The molecule has 18 heavy (non-hydrogen) atoms. The average molecular weight is 268 g/mol. The second-order valence-electron chi connectivity index (χ2n) is 4.89. The molecule has 1 saturated heterocycles. The molecule has 2 aliphatic rings. The van der Waals surface area contributed by atoms with E-state index >= 15 is 0 Å². The first-order valence-electron chi connectivity index (χ1n) is 6.56. The normalized spacial score (nSPS) is 22.4. The van der Waals surface area contributed by atoms with E-state index in [1.807, 2.05) is 6.07 Å². The molecule has 2 heterocycles. The molecule has 1 aromatic rings. The molecular formula is C14H18ClNO2. The highest BCUT2D eigenvalue weighted by atomic mass is 35.5. The molecule has 1 atom stereocenters. The SMILES string of the molecule is COc1cc(C2CCCCN2)c(Cl)c2c1OCC2. The minimum atomic E-state index is 0.353. The summed E-state index contributed by atoms with van der Waals surface area (Å²) in [6.07, 6.45) is 4.52. The second kappa shape index (κ2) is 4.98. The minimum Gasteiger partial charge on any atom is -0.493 e. The summed E-state index contributed by atoms with van der Waals surface area (Å²) in [4.78, 5) is 0. The highest BCUT2D eigenvalue weighted by Gasteiger charge is 2.27. The van der Waals surface area contributed by atoms with Crippen LogP contribution in [0.5, 0.6) is 11.5 Å². The van der Waals surface area contributed by atoms with Gasteiger partial charge in [0.1, 0.15) is 0 Å². The Labute approximate surface area is 112 Å². The fourth-order valence-electron chi connectivity index (χ4n) is 2.85. The number of rotatable bonds is 2. The molecule has 98 valence electrons. The number of piperidine rings is 1. The van der Waals surface area contributed by atoms with Gasteiger partial charge in [-0.2, -0.15) is 0 Å². The Kier molecular flexibility index (Phi) is 3.35. The van der Waals surface area contributed by atoms with Crippen molar-refractivity contribution >= 4 is 11.6 Å². The van der Waals surface area contributed by atoms with E-state index in [1.54, 1.807) is 7.11 Å². The third kappa shape index (κ3) is 1.95. The first-order chi connectivity index (χ1) is 8.81. The third-order valence-corrected chi connectivity index (χ3v) is 4.25. The lowest BCUT2D eigenvalue weighted by atomic mass is 9.95. The zero-order chi connectivity index (χ0) is 12.5. The van der Waals surface area contributed by atoms with Crippen molar-refractivity contribution in [2.45, 2.75) is 31.7 Å². The van der Waals surface area contributed by atoms with Gasteiger partial charge in [0.25, 0.3) is 0 Å². The lowest BCUT2D eigenvalue weighted by Crippen LogP contribution is -2.27. The van der Waals surface area contributed by atoms with E-state index in [4.69, 9.17) is 21.1 Å². The van der Waals surface area contributed by atoms with E-state index in [-0.39, 0.29) is 0 Å². The Morgan fingerprint density at radius 3 is 3.06 bits per heavy atom. The van der Waals surface area contributed by atoms with Crippen LogP contribution in [0, 0.1) is 0 Å². The minimum absolute atomic E-state index is 0.353. The zero-order valence-electron chi connectivity index (χ0n) is 10.6. The van der Waals surface area contributed by atoms with Crippen molar-refractivity contribution in [2.24, 2.45) is 0 Å². The predicted octanol–water partition coefficient (Wildman–Crippen LogP) is 3.10. The monoisotopic (exact) mass is 267 g/mol. The van der Waals surface area contributed by atoms with Gasteiger partial charge in [-0.1, -0.05) is 18.0 Å². The lowest BCUT2D eigenvalue weighted by molar-refractivity contribution is 0.325. The molecule has 0 amide bonds. The summed E-state index contributed by atoms with van der Waals surface area (Å²) in [7, 11) is 1.68. The maximum Gasteiger partial charge on any atom is 0.165 e. The van der Waals surface area contributed by atoms with Crippen LogP contribution in [0.4, 0.5) is 0 Å². The molecule has 0 radical (unpaired) electrons. The Morgan fingerprint density at radius 2 is 2.33 bits per heavy atom. The lowest BCUT2D eigenvalue weighted by Gasteiger charge is -2.26. The quantitative estimate of drug-likeness (QED) is 0.893. The summed E-state index contributed by atoms with van der Waals surface area (Å²) in [6.45, 7) is 1.77. The largest absolute Gasteiger partial charge is 0.493 e. The molecule has 3 rings (SSSR count). The standard InChI is InChI=1S/C14H18ClNO2/c1-17-12-8-10(11-4-2-3-6-16-11)13(15)9-5-7-18-14(9)12/h8,11,16H,2-7H2,1H3. The molecule has 3 nitrogen and oxygen atoms in total. The van der Waals surface area contributed by atoms with Crippen LogP contribution in [0.25, 0.3) is 0 Å². The number of benzene rings is 1. The predicted molar refractivity (Wildman–Crippen MR) is 71.8 cm³/mol. The van der Waals surface area contributed by atoms with Crippen LogP contribution in [0.2, 0.25) is 5.02 Å². The van der Waals surface area contributed by atoms with E-state index < -0.39 is 0 Å². The number of hydrogen-bond acceptors (Lipinski definition) is 3. The molecule has 1 fully saturated rings. The van der Waals surface area contributed by atoms with Crippen LogP contribution in [0.3, 0.4) is 0 Å². The van der Waals surface area contributed by atoms with Gasteiger partial charge in [-0.25, -0.2) is 0 Å². The number of hydrogen-bond donors (Lipinski definition) is 1. The topological polar surface area (TPSA) is 30.5 Å². The van der Waals surface area contributed by atoms with Crippen LogP contribution in [-0.4, -0.2) is 20.3 Å². The maximum atomic E-state index is 6.54. The molecule has 0 spiro atoms. The Hall–Kier alpha value is -0.930. The van der Waals surface area contributed by atoms with Crippen LogP contribution in [-0.2, 0) is 6.42 Å². The Morgan fingerprint density at radius 1 is 1.44 bits per heavy atom. The van der Waals surface area contributed by atoms with Gasteiger partial charge in [0.05, 0.1) is 18.7 Å². The van der Waals surface area contributed by atoms with Crippen molar-refractivity contribution in [1.29, 1.82) is 0 Å². The highest BCUT2D eigenvalue weighted by molar-refractivity contribution is 6.32. The number of halogens is 1. The Balaban J connectivity index is 2.03. The van der Waals surface area contributed by atoms with Crippen molar-refractivity contribution in [3.8, 4) is 11.5 Å². The summed E-state index contributed by atoms with van der Waals surface area (Å²) in [5.74, 6) is 1.65. The third-order valence-electron chi connectivity index (χ3n) is 3.81. The first-order valence-corrected chi connectivity index (χ1v) is 6.94. The zero-order valence-corrected chi connectivity index (χ0v) is 11.3. The van der Waals surface area contributed by atoms with Gasteiger partial charge in [0.15, 0.2) is 11.5 Å². The number of ether oxygens (including phenoxy) is 2. The van der Waals surface area contributed by atoms with Crippen molar-refractivity contribution in [1.82, 2.24) is 5.32 Å². The molecule has 0 aliphatic carbocycles. The summed E-state index contributed by atoms with van der Waals surface area (Å²) >= 11 is 6.54. The molecule has 1 N–H and O–H groups in total. The number of methoxy groups -OCH3 is 1. The van der Waals surface area contributed by atoms with E-state index in [2.05, 4.69) is 5.32 Å². The van der Waals surface area contributed by atoms with Gasteiger partial charge in [-0.05, 0) is 31.0 Å². The smallest absolute Gasteiger partial charge is 0.165 e. The van der Waals surface area contributed by atoms with Gasteiger partial charge >= 0.3 is 0 Å². The summed E-state index contributed by atoms with van der Waals surface area (Å²) in [5, 5.41) is 4.40. The van der Waals surface area contributed by atoms with Gasteiger partial charge in [0.2, 0.25) is 0 Å². The van der Waals surface area contributed by atoms with Crippen molar-refractivity contribution in [2.75, 3.05) is 20.3 Å². The highest BCUT2D eigenvalue weighted by Crippen LogP contribution is 2.44. The number of nitrogens with one attached hydrogen (secondary N) is 1. The molecule has 0 bridgehead atoms. The maximum absolute atomic E-state index is 6.54. The van der Waals surface area contributed by atoms with E-state index in [0.717, 1.165) is 47.0 Å². The Bertz CT molecular complexity index is 456. The van der Waals surface area contributed by atoms with Crippen LogP contribution in [0.1, 0.15) is 36.4 Å². The average Bonchev–Trinajstić information content (AvgIpc) is 2.90. The van der Waals surface area contributed by atoms with Crippen molar-refractivity contribution in [3.63, 3.8) is 0 Å². The van der Waals surface area contributed by atoms with Crippen molar-refractivity contribution < 1.29 is 9.47 Å². The second-order valence-corrected chi connectivity index (χ2v) is 5.27. The van der Waals surface area contributed by atoms with E-state index in [0.29, 0.717) is 12.6 Å². The van der Waals surface area contributed by atoms with Gasteiger partial charge in [-0.15, -0.1) is 0 Å². The molecule has 1 aromatic carbocycles. The molecule has 4 heteroatoms. The summed E-state index contributed by atoms with van der Waals surface area (Å²) in [5.41, 5.74) is 2.27. The van der Waals surface area contributed by atoms with Gasteiger partial charge in [0, 0.05) is 18.0 Å². The van der Waals surface area contributed by atoms with Gasteiger partial charge < -0.3 is 14.8 Å². The molecule has 2 aliphatic heterocycles. The van der Waals surface area contributed by atoms with Crippen LogP contribution < -0.4 is 14.8 Å². The molecule has 0 aromatic heterocycles. The van der Waals surface area contributed by atoms with E-state index in [9.17, 15) is 0 Å².